The number of benzene rings is 3. The molecule has 2 amide bonds. The Kier molecular flexibility index (Phi) is 13.0. The molecule has 2 heterocycles. The monoisotopic (exact) mass is 718 g/mol. The normalized spacial score (nSPS) is 17.3. The largest absolute Gasteiger partial charge is 0.497 e. The van der Waals surface area contributed by atoms with E-state index >= 15 is 0 Å². The van der Waals surface area contributed by atoms with Crippen LogP contribution in [0, 0.1) is 5.92 Å². The van der Waals surface area contributed by atoms with Crippen molar-refractivity contribution in [3.05, 3.63) is 77.4 Å². The zero-order valence-corrected chi connectivity index (χ0v) is 29.9. The standard InChI is InChI=1S/C39H46N2O11/c1-5-48-36(45)22-31-39(52-37(46)20-26-9-14-32-33(18-26)51-23-50-32)38(40-34(43)17-24(2)3)29-21-28(49-16-6-15-42)12-13-30(29)41(31)35(44)19-25-7-10-27(47-4)11-8-25/h7-14,18,21,24,31,38-39,42H,5-6,15-17,19-20,22-23H2,1-4H3,(H,40,43)/t31-,38-,39-/m0/s1. The number of aliphatic hydroxyl groups is 1. The summed E-state index contributed by atoms with van der Waals surface area (Å²) in [4.78, 5) is 56.5. The van der Waals surface area contributed by atoms with E-state index in [1.54, 1.807) is 74.7 Å². The van der Waals surface area contributed by atoms with Gasteiger partial charge in [0.15, 0.2) is 11.5 Å². The Balaban J connectivity index is 1.59. The lowest BCUT2D eigenvalue weighted by Gasteiger charge is -2.45. The highest BCUT2D eigenvalue weighted by molar-refractivity contribution is 5.98. The maximum absolute atomic E-state index is 14.5. The summed E-state index contributed by atoms with van der Waals surface area (Å²) >= 11 is 0. The van der Waals surface area contributed by atoms with Crippen molar-refractivity contribution in [3.8, 4) is 23.0 Å². The van der Waals surface area contributed by atoms with Gasteiger partial charge >= 0.3 is 11.9 Å². The third kappa shape index (κ3) is 9.52. The van der Waals surface area contributed by atoms with E-state index in [4.69, 9.17) is 28.4 Å². The maximum Gasteiger partial charge on any atom is 0.310 e. The van der Waals surface area contributed by atoms with Crippen LogP contribution in [-0.4, -0.2) is 74.7 Å². The molecule has 2 N–H and O–H groups in total. The highest BCUT2D eigenvalue weighted by Crippen LogP contribution is 2.43. The number of nitrogens with one attached hydrogen (secondary N) is 1. The van der Waals surface area contributed by atoms with E-state index in [1.807, 2.05) is 13.8 Å². The smallest absolute Gasteiger partial charge is 0.310 e. The third-order valence-electron chi connectivity index (χ3n) is 8.63. The van der Waals surface area contributed by atoms with Gasteiger partial charge in [-0.1, -0.05) is 32.0 Å². The van der Waals surface area contributed by atoms with Gasteiger partial charge < -0.3 is 43.7 Å². The Morgan fingerprint density at radius 1 is 0.923 bits per heavy atom. The van der Waals surface area contributed by atoms with Crippen LogP contribution < -0.4 is 29.2 Å². The predicted molar refractivity (Wildman–Crippen MR) is 189 cm³/mol. The van der Waals surface area contributed by atoms with E-state index in [2.05, 4.69) is 5.32 Å². The predicted octanol–water partition coefficient (Wildman–Crippen LogP) is 4.45. The maximum atomic E-state index is 14.5. The molecule has 0 aromatic heterocycles. The lowest BCUT2D eigenvalue weighted by Crippen LogP contribution is -2.58. The van der Waals surface area contributed by atoms with Crippen LogP contribution >= 0.6 is 0 Å². The Morgan fingerprint density at radius 2 is 1.65 bits per heavy atom. The van der Waals surface area contributed by atoms with Gasteiger partial charge in [-0.3, -0.25) is 19.2 Å². The molecular weight excluding hydrogens is 672 g/mol. The van der Waals surface area contributed by atoms with Crippen molar-refractivity contribution in [2.45, 2.75) is 71.1 Å². The van der Waals surface area contributed by atoms with Gasteiger partial charge in [0, 0.05) is 30.7 Å². The summed E-state index contributed by atoms with van der Waals surface area (Å²) in [6.07, 6.45) is -1.20. The molecule has 3 aromatic rings. The molecule has 0 aliphatic carbocycles. The SMILES string of the molecule is CCOC(=O)C[C@H]1[C@H](OC(=O)Cc2ccc3c(c2)OCO3)[C@@H](NC(=O)CC(C)C)c2cc(OCCCO)ccc2N1C(=O)Cc1ccc(OC)cc1. The summed E-state index contributed by atoms with van der Waals surface area (Å²) in [5, 5.41) is 12.4. The number of ether oxygens (including phenoxy) is 6. The first-order valence-corrected chi connectivity index (χ1v) is 17.5. The molecule has 0 fully saturated rings. The Morgan fingerprint density at radius 3 is 2.37 bits per heavy atom. The van der Waals surface area contributed by atoms with Crippen molar-refractivity contribution in [1.29, 1.82) is 0 Å². The molecule has 0 unspecified atom stereocenters. The molecule has 0 spiro atoms. The fourth-order valence-electron chi connectivity index (χ4n) is 6.31. The van der Waals surface area contributed by atoms with Crippen LogP contribution in [-0.2, 0) is 41.5 Å². The van der Waals surface area contributed by atoms with Crippen molar-refractivity contribution in [2.24, 2.45) is 5.92 Å². The number of fused-ring (bicyclic) bond motifs is 2. The zero-order chi connectivity index (χ0) is 37.2. The molecule has 0 radical (unpaired) electrons. The van der Waals surface area contributed by atoms with Gasteiger partial charge in [-0.2, -0.15) is 0 Å². The Bertz CT molecular complexity index is 1730. The summed E-state index contributed by atoms with van der Waals surface area (Å²) in [6.45, 7) is 5.82. The molecule has 13 nitrogen and oxygen atoms in total. The van der Waals surface area contributed by atoms with E-state index in [1.165, 1.54) is 4.90 Å². The molecule has 3 atom stereocenters. The minimum Gasteiger partial charge on any atom is -0.497 e. The summed E-state index contributed by atoms with van der Waals surface area (Å²) in [6, 6.07) is 15.2. The van der Waals surface area contributed by atoms with Crippen LogP contribution in [0.5, 0.6) is 23.0 Å². The number of nitrogens with zero attached hydrogens (tertiary/aromatic N) is 1. The number of amides is 2. The second-order valence-corrected chi connectivity index (χ2v) is 13.0. The lowest BCUT2D eigenvalue weighted by molar-refractivity contribution is -0.156. The first-order chi connectivity index (χ1) is 25.1. The number of esters is 2. The Hall–Kier alpha value is -5.30. The average molecular weight is 719 g/mol. The van der Waals surface area contributed by atoms with E-state index in [9.17, 15) is 24.3 Å². The minimum absolute atomic E-state index is 0.0149. The van der Waals surface area contributed by atoms with Crippen LogP contribution in [0.4, 0.5) is 5.69 Å². The van der Waals surface area contributed by atoms with Crippen molar-refractivity contribution in [3.63, 3.8) is 0 Å². The third-order valence-corrected chi connectivity index (χ3v) is 8.63. The van der Waals surface area contributed by atoms with Crippen LogP contribution in [0.1, 0.15) is 62.8 Å². The molecule has 0 saturated heterocycles. The highest BCUT2D eigenvalue weighted by atomic mass is 16.7. The summed E-state index contributed by atoms with van der Waals surface area (Å²) in [5.74, 6) is 0.191. The van der Waals surface area contributed by atoms with Gasteiger partial charge in [0.25, 0.3) is 0 Å². The van der Waals surface area contributed by atoms with Crippen LogP contribution in [0.25, 0.3) is 0 Å². The highest BCUT2D eigenvalue weighted by Gasteiger charge is 2.48. The number of carbonyl (C=O) groups is 4. The van der Waals surface area contributed by atoms with Crippen LogP contribution in [0.15, 0.2) is 60.7 Å². The number of carbonyl (C=O) groups excluding carboxylic acids is 4. The zero-order valence-electron chi connectivity index (χ0n) is 29.9. The van der Waals surface area contributed by atoms with E-state index in [-0.39, 0.29) is 70.0 Å². The number of anilines is 1. The van der Waals surface area contributed by atoms with Gasteiger partial charge in [0.2, 0.25) is 18.6 Å². The van der Waals surface area contributed by atoms with Crippen molar-refractivity contribution in [2.75, 3.05) is 38.6 Å². The fourth-order valence-corrected chi connectivity index (χ4v) is 6.31. The van der Waals surface area contributed by atoms with Gasteiger partial charge in [-0.25, -0.2) is 0 Å². The van der Waals surface area contributed by atoms with E-state index < -0.39 is 30.1 Å². The molecular formula is C39H46N2O11. The number of hydrogen-bond donors (Lipinski definition) is 2. The first-order valence-electron chi connectivity index (χ1n) is 17.5. The molecule has 0 bridgehead atoms. The van der Waals surface area contributed by atoms with Gasteiger partial charge in [0.05, 0.1) is 51.7 Å². The molecule has 3 aromatic carbocycles. The number of aliphatic hydroxyl groups excluding tert-OH is 1. The fraction of sp³-hybridized carbons (Fsp3) is 0.436. The van der Waals surface area contributed by atoms with E-state index in [0.717, 1.165) is 0 Å². The molecule has 278 valence electrons. The van der Waals surface area contributed by atoms with Crippen LogP contribution in [0.3, 0.4) is 0 Å². The summed E-state index contributed by atoms with van der Waals surface area (Å²) < 4.78 is 33.7. The van der Waals surface area contributed by atoms with Gasteiger partial charge in [0.1, 0.15) is 17.6 Å². The number of rotatable bonds is 16. The minimum atomic E-state index is -1.22. The topological polar surface area (TPSA) is 159 Å². The molecule has 2 aliphatic heterocycles. The summed E-state index contributed by atoms with van der Waals surface area (Å²) in [7, 11) is 1.55. The van der Waals surface area contributed by atoms with Crippen molar-refractivity contribution < 1.29 is 52.7 Å². The number of hydrogen-bond acceptors (Lipinski definition) is 11. The second-order valence-electron chi connectivity index (χ2n) is 13.0. The molecule has 5 rings (SSSR count). The number of methoxy groups -OCH3 is 1. The Labute approximate surface area is 303 Å². The molecule has 52 heavy (non-hydrogen) atoms. The molecule has 2 aliphatic rings. The van der Waals surface area contributed by atoms with E-state index in [0.29, 0.717) is 51.8 Å². The molecule has 13 heteroatoms. The van der Waals surface area contributed by atoms with Gasteiger partial charge in [-0.15, -0.1) is 0 Å². The van der Waals surface area contributed by atoms with Crippen LogP contribution in [0.2, 0.25) is 0 Å². The molecule has 0 saturated carbocycles. The second kappa shape index (κ2) is 17.8. The lowest BCUT2D eigenvalue weighted by atomic mass is 9.85. The summed E-state index contributed by atoms with van der Waals surface area (Å²) in [5.41, 5.74) is 2.16. The first kappa shape index (κ1) is 37.9. The van der Waals surface area contributed by atoms with Crippen molar-refractivity contribution in [1.82, 2.24) is 5.32 Å². The quantitative estimate of drug-likeness (QED) is 0.159. The van der Waals surface area contributed by atoms with Crippen molar-refractivity contribution >= 4 is 29.4 Å². The average Bonchev–Trinajstić information content (AvgIpc) is 3.58. The van der Waals surface area contributed by atoms with Gasteiger partial charge in [-0.05, 0) is 66.4 Å².